The molecule has 4 nitrogen and oxygen atoms in total. The maximum Gasteiger partial charge on any atom is 0.233 e. The topological polar surface area (TPSA) is 49.4 Å². The third-order valence-corrected chi connectivity index (χ3v) is 4.72. The molecular formula is C13H20N2O2. The molecule has 1 aliphatic carbocycles. The Labute approximate surface area is 102 Å². The molecule has 3 aliphatic rings. The Bertz CT molecular complexity index is 346. The van der Waals surface area contributed by atoms with Gasteiger partial charge < -0.3 is 5.32 Å². The Hall–Kier alpha value is -0.900. The summed E-state index contributed by atoms with van der Waals surface area (Å²) in [5.74, 6) is 0.105. The second-order valence-electron chi connectivity index (χ2n) is 6.18. The van der Waals surface area contributed by atoms with Crippen molar-refractivity contribution >= 4 is 11.8 Å². The van der Waals surface area contributed by atoms with Crippen LogP contribution in [0.3, 0.4) is 0 Å². The second kappa shape index (κ2) is 3.55. The summed E-state index contributed by atoms with van der Waals surface area (Å²) in [7, 11) is 0. The molecular weight excluding hydrogens is 216 g/mol. The molecule has 0 radical (unpaired) electrons. The lowest BCUT2D eigenvalue weighted by Crippen LogP contribution is -2.47. The van der Waals surface area contributed by atoms with Crippen molar-refractivity contribution in [3.8, 4) is 0 Å². The highest BCUT2D eigenvalue weighted by Crippen LogP contribution is 2.63. The lowest BCUT2D eigenvalue weighted by molar-refractivity contribution is -0.145. The fraction of sp³-hybridized carbons (Fsp3) is 0.846. The normalized spacial score (nSPS) is 40.1. The third kappa shape index (κ3) is 1.46. The number of hydrogen-bond acceptors (Lipinski definition) is 3. The van der Waals surface area contributed by atoms with Gasteiger partial charge in [-0.15, -0.1) is 0 Å². The number of nitrogens with zero attached hydrogens (tertiary/aromatic N) is 1. The molecule has 0 spiro atoms. The quantitative estimate of drug-likeness (QED) is 0.684. The monoisotopic (exact) mass is 236 g/mol. The van der Waals surface area contributed by atoms with Crippen molar-refractivity contribution < 1.29 is 9.59 Å². The molecule has 2 amide bonds. The number of carbonyl (C=O) groups excluding carboxylic acids is 2. The van der Waals surface area contributed by atoms with E-state index in [1.54, 1.807) is 4.90 Å². The first kappa shape index (κ1) is 11.2. The molecule has 3 atom stereocenters. The van der Waals surface area contributed by atoms with E-state index in [0.29, 0.717) is 0 Å². The predicted octanol–water partition coefficient (Wildman–Crippen LogP) is 0.769. The average molecular weight is 236 g/mol. The number of fused-ring (bicyclic) bond motifs is 1. The zero-order chi connectivity index (χ0) is 12.2. The Morgan fingerprint density at radius 3 is 2.47 bits per heavy atom. The molecule has 4 heteroatoms. The van der Waals surface area contributed by atoms with E-state index >= 15 is 0 Å². The van der Waals surface area contributed by atoms with Gasteiger partial charge in [-0.05, 0) is 24.8 Å². The number of nitrogens with one attached hydrogen (secondary N) is 1. The lowest BCUT2D eigenvalue weighted by Gasteiger charge is -2.28. The number of carbonyl (C=O) groups is 2. The van der Waals surface area contributed by atoms with Crippen LogP contribution in [0.25, 0.3) is 0 Å². The van der Waals surface area contributed by atoms with E-state index in [-0.39, 0.29) is 35.1 Å². The molecule has 1 N–H and O–H groups in total. The van der Waals surface area contributed by atoms with Crippen LogP contribution in [0.2, 0.25) is 0 Å². The average Bonchev–Trinajstić information content (AvgIpc) is 2.84. The van der Waals surface area contributed by atoms with Crippen LogP contribution in [0.4, 0.5) is 0 Å². The van der Waals surface area contributed by atoms with Gasteiger partial charge in [0.2, 0.25) is 11.8 Å². The Kier molecular flexibility index (Phi) is 2.34. The molecule has 2 saturated heterocycles. The Morgan fingerprint density at radius 2 is 1.82 bits per heavy atom. The predicted molar refractivity (Wildman–Crippen MR) is 63.1 cm³/mol. The molecule has 2 aliphatic heterocycles. The van der Waals surface area contributed by atoms with Gasteiger partial charge in [0.05, 0.1) is 17.9 Å². The molecule has 94 valence electrons. The van der Waals surface area contributed by atoms with Gasteiger partial charge in [-0.2, -0.15) is 0 Å². The largest absolute Gasteiger partial charge is 0.315 e. The van der Waals surface area contributed by atoms with Crippen LogP contribution in [0.1, 0.15) is 33.1 Å². The van der Waals surface area contributed by atoms with Crippen molar-refractivity contribution in [3.63, 3.8) is 0 Å². The van der Waals surface area contributed by atoms with Crippen molar-refractivity contribution in [1.82, 2.24) is 10.2 Å². The van der Waals surface area contributed by atoms with E-state index in [0.717, 1.165) is 32.4 Å². The fourth-order valence-electron chi connectivity index (χ4n) is 3.55. The minimum absolute atomic E-state index is 0.0294. The minimum Gasteiger partial charge on any atom is -0.315 e. The van der Waals surface area contributed by atoms with E-state index < -0.39 is 0 Å². The van der Waals surface area contributed by atoms with Crippen molar-refractivity contribution in [1.29, 1.82) is 0 Å². The maximum absolute atomic E-state index is 12.3. The van der Waals surface area contributed by atoms with Gasteiger partial charge in [0.1, 0.15) is 0 Å². The summed E-state index contributed by atoms with van der Waals surface area (Å²) in [6, 6.07) is 0.0982. The van der Waals surface area contributed by atoms with Gasteiger partial charge in [0, 0.05) is 6.54 Å². The van der Waals surface area contributed by atoms with Crippen LogP contribution < -0.4 is 5.32 Å². The first-order chi connectivity index (χ1) is 8.05. The lowest BCUT2D eigenvalue weighted by atomic mass is 10.0. The summed E-state index contributed by atoms with van der Waals surface area (Å²) in [6.07, 6.45) is 3.21. The molecule has 0 aromatic heterocycles. The van der Waals surface area contributed by atoms with Gasteiger partial charge in [-0.3, -0.25) is 14.5 Å². The number of hydrogen-bond donors (Lipinski definition) is 1. The fourth-order valence-corrected chi connectivity index (χ4v) is 3.55. The zero-order valence-corrected chi connectivity index (χ0v) is 10.5. The van der Waals surface area contributed by atoms with Crippen LogP contribution in [0.5, 0.6) is 0 Å². The molecule has 17 heavy (non-hydrogen) atoms. The van der Waals surface area contributed by atoms with Crippen LogP contribution >= 0.6 is 0 Å². The van der Waals surface area contributed by atoms with E-state index in [1.165, 1.54) is 0 Å². The summed E-state index contributed by atoms with van der Waals surface area (Å²) in [4.78, 5) is 26.1. The van der Waals surface area contributed by atoms with Gasteiger partial charge in [0.25, 0.3) is 0 Å². The van der Waals surface area contributed by atoms with E-state index in [1.807, 2.05) is 13.8 Å². The molecule has 2 heterocycles. The molecule has 0 bridgehead atoms. The Morgan fingerprint density at radius 1 is 1.18 bits per heavy atom. The van der Waals surface area contributed by atoms with Crippen LogP contribution in [-0.2, 0) is 9.59 Å². The van der Waals surface area contributed by atoms with E-state index in [2.05, 4.69) is 5.32 Å². The number of imide groups is 1. The van der Waals surface area contributed by atoms with Crippen LogP contribution in [-0.4, -0.2) is 35.8 Å². The minimum atomic E-state index is -0.0805. The number of amides is 2. The summed E-state index contributed by atoms with van der Waals surface area (Å²) in [6.45, 7) is 5.84. The number of rotatable bonds is 1. The maximum atomic E-state index is 12.3. The summed E-state index contributed by atoms with van der Waals surface area (Å²) in [5.41, 5.74) is -0.0805. The first-order valence-corrected chi connectivity index (χ1v) is 6.63. The van der Waals surface area contributed by atoms with Gasteiger partial charge in [-0.25, -0.2) is 0 Å². The SMILES string of the molecule is CC1(C)C2C(=O)N(C3CCCCNC3)C(=O)C21. The molecule has 3 unspecified atom stereocenters. The highest BCUT2D eigenvalue weighted by atomic mass is 16.2. The van der Waals surface area contributed by atoms with Crippen LogP contribution in [0.15, 0.2) is 0 Å². The standard InChI is InChI=1S/C13H20N2O2/c1-13(2)9-10(13)12(17)15(11(9)16)8-5-3-4-6-14-7-8/h8-10,14H,3-7H2,1-2H3. The van der Waals surface area contributed by atoms with E-state index in [4.69, 9.17) is 0 Å². The summed E-state index contributed by atoms with van der Waals surface area (Å²) in [5, 5.41) is 3.32. The van der Waals surface area contributed by atoms with Crippen molar-refractivity contribution in [2.75, 3.05) is 13.1 Å². The van der Waals surface area contributed by atoms with Gasteiger partial charge in [-0.1, -0.05) is 20.3 Å². The first-order valence-electron chi connectivity index (χ1n) is 6.63. The van der Waals surface area contributed by atoms with Crippen molar-refractivity contribution in [2.24, 2.45) is 17.3 Å². The van der Waals surface area contributed by atoms with Crippen molar-refractivity contribution in [3.05, 3.63) is 0 Å². The summed E-state index contributed by atoms with van der Waals surface area (Å²) < 4.78 is 0. The van der Waals surface area contributed by atoms with E-state index in [9.17, 15) is 9.59 Å². The molecule has 0 aromatic rings. The number of piperidine rings is 1. The van der Waals surface area contributed by atoms with Gasteiger partial charge in [0.15, 0.2) is 0 Å². The molecule has 1 saturated carbocycles. The third-order valence-electron chi connectivity index (χ3n) is 4.72. The second-order valence-corrected chi connectivity index (χ2v) is 6.18. The zero-order valence-electron chi connectivity index (χ0n) is 10.5. The Balaban J connectivity index is 1.77. The molecule has 0 aromatic carbocycles. The van der Waals surface area contributed by atoms with Gasteiger partial charge >= 0.3 is 0 Å². The number of likely N-dealkylation sites (tertiary alicyclic amines) is 1. The smallest absolute Gasteiger partial charge is 0.233 e. The van der Waals surface area contributed by atoms with Crippen molar-refractivity contribution in [2.45, 2.75) is 39.2 Å². The molecule has 3 rings (SSSR count). The highest BCUT2D eigenvalue weighted by Gasteiger charge is 2.73. The summed E-state index contributed by atoms with van der Waals surface area (Å²) >= 11 is 0. The molecule has 3 fully saturated rings. The van der Waals surface area contributed by atoms with Crippen LogP contribution in [0, 0.1) is 17.3 Å². The highest BCUT2D eigenvalue weighted by molar-refractivity contribution is 6.10.